The highest BCUT2D eigenvalue weighted by atomic mass is 19.4. The number of hydrogen-bond donors (Lipinski definition) is 1. The van der Waals surface area contributed by atoms with E-state index in [-0.39, 0.29) is 11.8 Å². The van der Waals surface area contributed by atoms with Crippen molar-refractivity contribution in [2.45, 2.75) is 25.4 Å². The molecule has 2 rings (SSSR count). The predicted molar refractivity (Wildman–Crippen MR) is 54.9 cm³/mol. The summed E-state index contributed by atoms with van der Waals surface area (Å²) in [7, 11) is 0. The van der Waals surface area contributed by atoms with Crippen LogP contribution in [0.15, 0.2) is 24.3 Å². The Bertz CT molecular complexity index is 461. The molecule has 4 nitrogen and oxygen atoms in total. The maximum atomic E-state index is 12.1. The Morgan fingerprint density at radius 2 is 2.11 bits per heavy atom. The van der Waals surface area contributed by atoms with Gasteiger partial charge in [-0.25, -0.2) is 4.79 Å². The van der Waals surface area contributed by atoms with Crippen LogP contribution in [0.25, 0.3) is 0 Å². The van der Waals surface area contributed by atoms with E-state index in [1.165, 1.54) is 18.2 Å². The van der Waals surface area contributed by atoms with Crippen molar-refractivity contribution in [1.29, 1.82) is 0 Å². The Hall–Kier alpha value is -1.92. The SMILES string of the molecule is C[C@@H]1NC(=O)OC1c1cccc(OC(F)(F)F)c1. The molecule has 1 aromatic carbocycles. The predicted octanol–water partition coefficient (Wildman–Crippen LogP) is 2.75. The van der Waals surface area contributed by atoms with Gasteiger partial charge in [0.25, 0.3) is 0 Å². The molecule has 1 saturated heterocycles. The van der Waals surface area contributed by atoms with Crippen LogP contribution in [0.4, 0.5) is 18.0 Å². The lowest BCUT2D eigenvalue weighted by molar-refractivity contribution is -0.274. The number of hydrogen-bond acceptors (Lipinski definition) is 3. The minimum atomic E-state index is -4.74. The zero-order valence-corrected chi connectivity index (χ0v) is 9.32. The van der Waals surface area contributed by atoms with Gasteiger partial charge in [-0.3, -0.25) is 0 Å². The summed E-state index contributed by atoms with van der Waals surface area (Å²) in [5, 5.41) is 2.51. The normalized spacial score (nSPS) is 23.4. The highest BCUT2D eigenvalue weighted by Crippen LogP contribution is 2.30. The Morgan fingerprint density at radius 1 is 1.39 bits per heavy atom. The first-order valence-electron chi connectivity index (χ1n) is 5.18. The number of carbonyl (C=O) groups excluding carboxylic acids is 1. The Labute approximate surface area is 101 Å². The number of nitrogens with one attached hydrogen (secondary N) is 1. The molecule has 1 aromatic rings. The van der Waals surface area contributed by atoms with E-state index in [4.69, 9.17) is 4.74 Å². The number of benzene rings is 1. The summed E-state index contributed by atoms with van der Waals surface area (Å²) in [6.07, 6.45) is -5.95. The molecule has 1 aliphatic heterocycles. The van der Waals surface area contributed by atoms with Gasteiger partial charge in [-0.05, 0) is 24.6 Å². The average Bonchev–Trinajstić information content (AvgIpc) is 2.55. The Balaban J connectivity index is 2.19. The van der Waals surface area contributed by atoms with E-state index < -0.39 is 18.6 Å². The fourth-order valence-corrected chi connectivity index (χ4v) is 1.76. The lowest BCUT2D eigenvalue weighted by Gasteiger charge is -2.15. The number of ether oxygens (including phenoxy) is 2. The van der Waals surface area contributed by atoms with Crippen molar-refractivity contribution < 1.29 is 27.4 Å². The van der Waals surface area contributed by atoms with Crippen LogP contribution in [-0.2, 0) is 4.74 Å². The maximum Gasteiger partial charge on any atom is 0.573 e. The topological polar surface area (TPSA) is 47.6 Å². The van der Waals surface area contributed by atoms with E-state index in [1.54, 1.807) is 13.0 Å². The average molecular weight is 261 g/mol. The summed E-state index contributed by atoms with van der Waals surface area (Å²) in [6.45, 7) is 1.70. The first-order chi connectivity index (χ1) is 8.35. The molecule has 0 aliphatic carbocycles. The fraction of sp³-hybridized carbons (Fsp3) is 0.364. The van der Waals surface area contributed by atoms with E-state index in [0.29, 0.717) is 5.56 Å². The second kappa shape index (κ2) is 4.40. The summed E-state index contributed by atoms with van der Waals surface area (Å²) in [5.41, 5.74) is 0.447. The first kappa shape index (κ1) is 12.5. The van der Waals surface area contributed by atoms with Crippen LogP contribution in [0.2, 0.25) is 0 Å². The number of halogens is 3. The minimum absolute atomic E-state index is 0.307. The summed E-state index contributed by atoms with van der Waals surface area (Å²) in [5.74, 6) is -0.338. The van der Waals surface area contributed by atoms with Crippen LogP contribution in [0.1, 0.15) is 18.6 Å². The minimum Gasteiger partial charge on any atom is -0.439 e. The summed E-state index contributed by atoms with van der Waals surface area (Å²) >= 11 is 0. The van der Waals surface area contributed by atoms with Crippen LogP contribution in [0.5, 0.6) is 5.75 Å². The van der Waals surface area contributed by atoms with Gasteiger partial charge >= 0.3 is 12.5 Å². The van der Waals surface area contributed by atoms with Crippen molar-refractivity contribution in [3.05, 3.63) is 29.8 Å². The molecule has 1 N–H and O–H groups in total. The third-order valence-corrected chi connectivity index (χ3v) is 2.45. The van der Waals surface area contributed by atoms with Crippen LogP contribution in [0, 0.1) is 0 Å². The highest BCUT2D eigenvalue weighted by Gasteiger charge is 2.34. The quantitative estimate of drug-likeness (QED) is 0.890. The Morgan fingerprint density at radius 3 is 2.67 bits per heavy atom. The van der Waals surface area contributed by atoms with Gasteiger partial charge in [0.2, 0.25) is 0 Å². The molecule has 0 spiro atoms. The van der Waals surface area contributed by atoms with Gasteiger partial charge in [0, 0.05) is 0 Å². The van der Waals surface area contributed by atoms with E-state index in [2.05, 4.69) is 10.1 Å². The third kappa shape index (κ3) is 2.85. The van der Waals surface area contributed by atoms with Crippen molar-refractivity contribution in [3.63, 3.8) is 0 Å². The number of cyclic esters (lactones) is 1. The molecule has 0 bridgehead atoms. The zero-order valence-electron chi connectivity index (χ0n) is 9.32. The molecule has 98 valence electrons. The van der Waals surface area contributed by atoms with Gasteiger partial charge in [0.1, 0.15) is 11.9 Å². The molecule has 1 unspecified atom stereocenters. The molecular weight excluding hydrogens is 251 g/mol. The van der Waals surface area contributed by atoms with Crippen LogP contribution < -0.4 is 10.1 Å². The first-order valence-corrected chi connectivity index (χ1v) is 5.18. The van der Waals surface area contributed by atoms with Gasteiger partial charge in [-0.15, -0.1) is 13.2 Å². The number of carbonyl (C=O) groups is 1. The van der Waals surface area contributed by atoms with E-state index in [1.807, 2.05) is 0 Å². The second-order valence-electron chi connectivity index (χ2n) is 3.88. The van der Waals surface area contributed by atoms with E-state index in [9.17, 15) is 18.0 Å². The lowest BCUT2D eigenvalue weighted by atomic mass is 10.0. The molecule has 1 amide bonds. The molecule has 1 fully saturated rings. The number of alkyl carbamates (subject to hydrolysis) is 1. The van der Waals surface area contributed by atoms with Gasteiger partial charge < -0.3 is 14.8 Å². The molecule has 2 atom stereocenters. The van der Waals surface area contributed by atoms with Gasteiger partial charge in [0.05, 0.1) is 6.04 Å². The number of rotatable bonds is 2. The van der Waals surface area contributed by atoms with Gasteiger partial charge in [-0.2, -0.15) is 0 Å². The standard InChI is InChI=1S/C11H10F3NO3/c1-6-9(17-10(16)15-6)7-3-2-4-8(5-7)18-11(12,13)14/h2-6,9H,1H3,(H,15,16)/t6-,9?/m0/s1. The molecule has 0 aromatic heterocycles. The van der Waals surface area contributed by atoms with Crippen molar-refractivity contribution in [3.8, 4) is 5.75 Å². The third-order valence-electron chi connectivity index (χ3n) is 2.45. The molecule has 0 saturated carbocycles. The smallest absolute Gasteiger partial charge is 0.439 e. The van der Waals surface area contributed by atoms with Crippen molar-refractivity contribution in [2.75, 3.05) is 0 Å². The Kier molecular flexibility index (Phi) is 3.06. The molecule has 7 heteroatoms. The van der Waals surface area contributed by atoms with E-state index >= 15 is 0 Å². The maximum absolute atomic E-state index is 12.1. The molecule has 1 aliphatic rings. The van der Waals surface area contributed by atoms with Crippen molar-refractivity contribution in [1.82, 2.24) is 5.32 Å². The van der Waals surface area contributed by atoms with Crippen molar-refractivity contribution in [2.24, 2.45) is 0 Å². The largest absolute Gasteiger partial charge is 0.573 e. The summed E-state index contributed by atoms with van der Waals surface area (Å²) < 4.78 is 45.0. The molecular formula is C11H10F3NO3. The lowest BCUT2D eigenvalue weighted by Crippen LogP contribution is -2.24. The van der Waals surface area contributed by atoms with Gasteiger partial charge in [0.15, 0.2) is 0 Å². The summed E-state index contributed by atoms with van der Waals surface area (Å²) in [6, 6.07) is 5.07. The van der Waals surface area contributed by atoms with Gasteiger partial charge in [-0.1, -0.05) is 12.1 Å². The van der Waals surface area contributed by atoms with Crippen LogP contribution in [-0.4, -0.2) is 18.5 Å². The second-order valence-corrected chi connectivity index (χ2v) is 3.88. The zero-order chi connectivity index (χ0) is 13.3. The fourth-order valence-electron chi connectivity index (χ4n) is 1.76. The van der Waals surface area contributed by atoms with E-state index in [0.717, 1.165) is 0 Å². The summed E-state index contributed by atoms with van der Waals surface area (Å²) in [4.78, 5) is 11.0. The number of alkyl halides is 3. The van der Waals surface area contributed by atoms with Crippen LogP contribution in [0.3, 0.4) is 0 Å². The van der Waals surface area contributed by atoms with Crippen LogP contribution >= 0.6 is 0 Å². The molecule has 0 radical (unpaired) electrons. The number of amides is 1. The monoisotopic (exact) mass is 261 g/mol. The van der Waals surface area contributed by atoms with Crippen molar-refractivity contribution >= 4 is 6.09 Å². The molecule has 1 heterocycles. The highest BCUT2D eigenvalue weighted by molar-refractivity contribution is 5.70. The molecule has 18 heavy (non-hydrogen) atoms.